The molecule has 2 N–H and O–H groups in total. The van der Waals surface area contributed by atoms with Gasteiger partial charge < -0.3 is 9.88 Å². The van der Waals surface area contributed by atoms with E-state index < -0.39 is 10.0 Å². The predicted octanol–water partition coefficient (Wildman–Crippen LogP) is 1.92. The van der Waals surface area contributed by atoms with Gasteiger partial charge in [-0.05, 0) is 50.2 Å². The van der Waals surface area contributed by atoms with E-state index in [0.717, 1.165) is 24.0 Å². The van der Waals surface area contributed by atoms with E-state index in [1.54, 1.807) is 6.08 Å². The third kappa shape index (κ3) is 5.20. The predicted molar refractivity (Wildman–Crippen MR) is 96.2 cm³/mol. The molecule has 0 radical (unpaired) electrons. The van der Waals surface area contributed by atoms with Crippen molar-refractivity contribution >= 4 is 20.9 Å². The van der Waals surface area contributed by atoms with Gasteiger partial charge in [-0.25, -0.2) is 13.1 Å². The van der Waals surface area contributed by atoms with Crippen molar-refractivity contribution in [1.29, 1.82) is 0 Å². The number of benzene rings is 1. The summed E-state index contributed by atoms with van der Waals surface area (Å²) in [4.78, 5) is 5.43. The van der Waals surface area contributed by atoms with E-state index in [-0.39, 0.29) is 12.3 Å². The lowest BCUT2D eigenvalue weighted by molar-refractivity contribution is 0.414. The van der Waals surface area contributed by atoms with Gasteiger partial charge in [-0.1, -0.05) is 12.1 Å². The number of sulfonamides is 1. The maximum Gasteiger partial charge on any atom is 0.212 e. The summed E-state index contributed by atoms with van der Waals surface area (Å²) in [6.45, 7) is 4.77. The van der Waals surface area contributed by atoms with Gasteiger partial charge in [0.1, 0.15) is 0 Å². The molecule has 0 aliphatic rings. The Balaban J connectivity index is 2.09. The minimum atomic E-state index is -3.25. The van der Waals surface area contributed by atoms with Crippen LogP contribution in [0.1, 0.15) is 11.1 Å². The van der Waals surface area contributed by atoms with E-state index in [1.807, 2.05) is 18.3 Å². The Hall–Kier alpha value is -1.63. The average Bonchev–Trinajstić information content (AvgIpc) is 2.91. The first-order valence-electron chi connectivity index (χ1n) is 7.73. The number of likely N-dealkylation sites (N-methyl/N-ethyl adjacent to an activating group) is 1. The Morgan fingerprint density at radius 2 is 2.09 bits per heavy atom. The van der Waals surface area contributed by atoms with Crippen LogP contribution in [0.15, 0.2) is 37.1 Å². The molecule has 0 saturated heterocycles. The lowest BCUT2D eigenvalue weighted by atomic mass is 10.1. The molecular formula is C17H25N3O2S. The summed E-state index contributed by atoms with van der Waals surface area (Å²) in [5.74, 6) is 0.0871. The van der Waals surface area contributed by atoms with Crippen molar-refractivity contribution in [1.82, 2.24) is 14.6 Å². The third-order valence-electron chi connectivity index (χ3n) is 3.77. The second-order valence-electron chi connectivity index (χ2n) is 5.95. The molecule has 0 unspecified atom stereocenters. The van der Waals surface area contributed by atoms with Crippen molar-refractivity contribution in [3.8, 4) is 0 Å². The minimum absolute atomic E-state index is 0.0871. The second-order valence-corrected chi connectivity index (χ2v) is 7.88. The van der Waals surface area contributed by atoms with Gasteiger partial charge in [-0.15, -0.1) is 6.58 Å². The Morgan fingerprint density at radius 1 is 1.30 bits per heavy atom. The summed E-state index contributed by atoms with van der Waals surface area (Å²) in [7, 11) is 0.865. The van der Waals surface area contributed by atoms with Crippen LogP contribution in [0.3, 0.4) is 0 Å². The first kappa shape index (κ1) is 17.7. The number of aryl methyl sites for hydroxylation is 1. The number of rotatable bonds is 9. The second kappa shape index (κ2) is 7.77. The lowest BCUT2D eigenvalue weighted by Crippen LogP contribution is -2.27. The molecule has 1 aromatic heterocycles. The largest absolute Gasteiger partial charge is 0.361 e. The van der Waals surface area contributed by atoms with Gasteiger partial charge in [-0.2, -0.15) is 0 Å². The van der Waals surface area contributed by atoms with Crippen LogP contribution in [0, 0.1) is 0 Å². The molecule has 0 bridgehead atoms. The maximum absolute atomic E-state index is 11.9. The van der Waals surface area contributed by atoms with Crippen LogP contribution >= 0.6 is 0 Å². The summed E-state index contributed by atoms with van der Waals surface area (Å²) in [5.41, 5.74) is 3.39. The standard InChI is InChI=1S/C17H25N3O2S/c1-4-9-19-23(21,22)11-8-14-5-6-17-16(12-14)15(13-18-17)7-10-20(2)3/h4-6,12-13,18-19H,1,7-11H2,2-3H3. The molecule has 0 aliphatic heterocycles. The van der Waals surface area contributed by atoms with Crippen molar-refractivity contribution in [2.45, 2.75) is 12.8 Å². The molecule has 0 spiro atoms. The number of H-pyrrole nitrogens is 1. The molecule has 6 heteroatoms. The molecular weight excluding hydrogens is 310 g/mol. The molecule has 0 amide bonds. The molecule has 0 atom stereocenters. The van der Waals surface area contributed by atoms with Gasteiger partial charge in [0.2, 0.25) is 10.0 Å². The maximum atomic E-state index is 11.9. The summed E-state index contributed by atoms with van der Waals surface area (Å²) < 4.78 is 26.2. The van der Waals surface area contributed by atoms with Crippen LogP contribution in [0.25, 0.3) is 10.9 Å². The Bertz CT molecular complexity index is 763. The van der Waals surface area contributed by atoms with Gasteiger partial charge in [0, 0.05) is 30.2 Å². The van der Waals surface area contributed by atoms with Gasteiger partial charge >= 0.3 is 0 Å². The molecule has 23 heavy (non-hydrogen) atoms. The highest BCUT2D eigenvalue weighted by molar-refractivity contribution is 7.89. The fourth-order valence-electron chi connectivity index (χ4n) is 2.44. The number of hydrogen-bond donors (Lipinski definition) is 2. The van der Waals surface area contributed by atoms with Crippen LogP contribution in [0.2, 0.25) is 0 Å². The average molecular weight is 335 g/mol. The molecule has 2 rings (SSSR count). The van der Waals surface area contributed by atoms with Gasteiger partial charge in [0.25, 0.3) is 0 Å². The smallest absolute Gasteiger partial charge is 0.212 e. The summed E-state index contributed by atoms with van der Waals surface area (Å²) in [5, 5.41) is 1.18. The Morgan fingerprint density at radius 3 is 2.78 bits per heavy atom. The van der Waals surface area contributed by atoms with Crippen LogP contribution in [0.5, 0.6) is 0 Å². The summed E-state index contributed by atoms with van der Waals surface area (Å²) in [6, 6.07) is 6.10. The molecule has 2 aromatic rings. The number of fused-ring (bicyclic) bond motifs is 1. The van der Waals surface area contributed by atoms with E-state index in [4.69, 9.17) is 0 Å². The fraction of sp³-hybridized carbons (Fsp3) is 0.412. The van der Waals surface area contributed by atoms with Crippen molar-refractivity contribution in [3.05, 3.63) is 48.2 Å². The highest BCUT2D eigenvalue weighted by Crippen LogP contribution is 2.21. The van der Waals surface area contributed by atoms with Crippen molar-refractivity contribution in [2.24, 2.45) is 0 Å². The van der Waals surface area contributed by atoms with Crippen molar-refractivity contribution in [2.75, 3.05) is 32.9 Å². The van der Waals surface area contributed by atoms with E-state index in [9.17, 15) is 8.42 Å². The molecule has 1 heterocycles. The van der Waals surface area contributed by atoms with Crippen LogP contribution in [-0.2, 0) is 22.9 Å². The summed E-state index contributed by atoms with van der Waals surface area (Å²) in [6.07, 6.45) is 5.05. The van der Waals surface area contributed by atoms with Gasteiger partial charge in [0.05, 0.1) is 5.75 Å². The number of hydrogen-bond acceptors (Lipinski definition) is 3. The molecule has 0 fully saturated rings. The normalized spacial score (nSPS) is 12.1. The van der Waals surface area contributed by atoms with Gasteiger partial charge in [-0.3, -0.25) is 0 Å². The Labute approximate surface area is 138 Å². The van der Waals surface area contributed by atoms with Crippen LogP contribution < -0.4 is 4.72 Å². The monoisotopic (exact) mass is 335 g/mol. The van der Waals surface area contributed by atoms with E-state index in [0.29, 0.717) is 6.42 Å². The molecule has 0 saturated carbocycles. The quantitative estimate of drug-likeness (QED) is 0.688. The van der Waals surface area contributed by atoms with E-state index in [2.05, 4.69) is 41.3 Å². The fourth-order valence-corrected chi connectivity index (χ4v) is 3.46. The van der Waals surface area contributed by atoms with E-state index >= 15 is 0 Å². The molecule has 0 aliphatic carbocycles. The van der Waals surface area contributed by atoms with E-state index in [1.165, 1.54) is 10.9 Å². The number of aromatic nitrogens is 1. The first-order valence-corrected chi connectivity index (χ1v) is 9.38. The molecule has 126 valence electrons. The zero-order valence-corrected chi connectivity index (χ0v) is 14.6. The zero-order valence-electron chi connectivity index (χ0n) is 13.8. The highest BCUT2D eigenvalue weighted by atomic mass is 32.2. The third-order valence-corrected chi connectivity index (χ3v) is 5.12. The molecule has 1 aromatic carbocycles. The first-order chi connectivity index (χ1) is 10.9. The van der Waals surface area contributed by atoms with Crippen LogP contribution in [0.4, 0.5) is 0 Å². The minimum Gasteiger partial charge on any atom is -0.361 e. The zero-order chi connectivity index (χ0) is 16.9. The SMILES string of the molecule is C=CCNS(=O)(=O)CCc1ccc2[nH]cc(CCN(C)C)c2c1. The summed E-state index contributed by atoms with van der Waals surface area (Å²) >= 11 is 0. The molecule has 5 nitrogen and oxygen atoms in total. The van der Waals surface area contributed by atoms with Crippen molar-refractivity contribution < 1.29 is 8.42 Å². The Kier molecular flexibility index (Phi) is 5.98. The van der Waals surface area contributed by atoms with Crippen LogP contribution in [-0.4, -0.2) is 51.2 Å². The topological polar surface area (TPSA) is 65.2 Å². The van der Waals surface area contributed by atoms with Gasteiger partial charge in [0.15, 0.2) is 0 Å². The lowest BCUT2D eigenvalue weighted by Gasteiger charge is -2.09. The highest BCUT2D eigenvalue weighted by Gasteiger charge is 2.10. The number of aromatic amines is 1. The number of nitrogens with zero attached hydrogens (tertiary/aromatic N) is 1. The number of nitrogens with one attached hydrogen (secondary N) is 2. The van der Waals surface area contributed by atoms with Crippen molar-refractivity contribution in [3.63, 3.8) is 0 Å².